The summed E-state index contributed by atoms with van der Waals surface area (Å²) in [4.78, 5) is 13.8. The van der Waals surface area contributed by atoms with Gasteiger partial charge in [-0.25, -0.2) is 0 Å². The van der Waals surface area contributed by atoms with Crippen LogP contribution in [0.4, 0.5) is 13.2 Å². The molecule has 1 aliphatic carbocycles. The lowest BCUT2D eigenvalue weighted by Crippen LogP contribution is -2.40. The molecule has 0 aromatic rings. The highest BCUT2D eigenvalue weighted by molar-refractivity contribution is 5.76. The minimum Gasteiger partial charge on any atom is -0.343 e. The van der Waals surface area contributed by atoms with E-state index in [1.807, 2.05) is 4.90 Å². The Morgan fingerprint density at radius 2 is 1.95 bits per heavy atom. The van der Waals surface area contributed by atoms with Gasteiger partial charge in [0.25, 0.3) is 0 Å². The van der Waals surface area contributed by atoms with Crippen LogP contribution in [0.5, 0.6) is 0 Å². The first-order valence-corrected chi connectivity index (χ1v) is 8.54. The number of amides is 1. The molecule has 3 nitrogen and oxygen atoms in total. The molecule has 128 valence electrons. The first kappa shape index (κ1) is 17.6. The molecule has 22 heavy (non-hydrogen) atoms. The molecule has 0 aromatic heterocycles. The van der Waals surface area contributed by atoms with Gasteiger partial charge in [0.05, 0.1) is 5.92 Å². The molecule has 1 heterocycles. The van der Waals surface area contributed by atoms with Crippen LogP contribution in [0, 0.1) is 5.92 Å². The molecule has 2 aliphatic rings. The second-order valence-electron chi connectivity index (χ2n) is 6.60. The Morgan fingerprint density at radius 1 is 1.14 bits per heavy atom. The van der Waals surface area contributed by atoms with Gasteiger partial charge in [0.2, 0.25) is 5.91 Å². The summed E-state index contributed by atoms with van der Waals surface area (Å²) < 4.78 is 38.3. The highest BCUT2D eigenvalue weighted by Gasteiger charge is 2.41. The number of nitrogens with one attached hydrogen (secondary N) is 1. The Bertz CT molecular complexity index is 360. The van der Waals surface area contributed by atoms with E-state index in [2.05, 4.69) is 5.32 Å². The minimum absolute atomic E-state index is 0.0276. The molecule has 0 spiro atoms. The van der Waals surface area contributed by atoms with E-state index >= 15 is 0 Å². The molecule has 1 N–H and O–H groups in total. The second-order valence-corrected chi connectivity index (χ2v) is 6.60. The summed E-state index contributed by atoms with van der Waals surface area (Å²) in [7, 11) is 0. The van der Waals surface area contributed by atoms with Gasteiger partial charge >= 0.3 is 6.18 Å². The van der Waals surface area contributed by atoms with Crippen molar-refractivity contribution in [1.82, 2.24) is 10.2 Å². The zero-order chi connectivity index (χ0) is 16.0. The molecule has 2 rings (SSSR count). The van der Waals surface area contributed by atoms with Gasteiger partial charge in [-0.15, -0.1) is 0 Å². The molecule has 1 aliphatic heterocycles. The number of halogens is 3. The topological polar surface area (TPSA) is 32.3 Å². The van der Waals surface area contributed by atoms with Crippen LogP contribution in [-0.2, 0) is 4.79 Å². The molecule has 1 saturated carbocycles. The molecule has 0 radical (unpaired) electrons. The van der Waals surface area contributed by atoms with Crippen LogP contribution < -0.4 is 5.32 Å². The van der Waals surface area contributed by atoms with Gasteiger partial charge in [-0.2, -0.15) is 13.2 Å². The van der Waals surface area contributed by atoms with E-state index in [-0.39, 0.29) is 24.8 Å². The summed E-state index contributed by atoms with van der Waals surface area (Å²) in [6, 6.07) is -0.0276. The van der Waals surface area contributed by atoms with Crippen LogP contribution in [0.15, 0.2) is 0 Å². The molecule has 2 fully saturated rings. The van der Waals surface area contributed by atoms with Gasteiger partial charge in [0, 0.05) is 25.6 Å². The van der Waals surface area contributed by atoms with Crippen molar-refractivity contribution in [3.63, 3.8) is 0 Å². The number of carbonyl (C=O) groups is 1. The Hall–Kier alpha value is -0.780. The van der Waals surface area contributed by atoms with Crippen LogP contribution in [0.3, 0.4) is 0 Å². The van der Waals surface area contributed by atoms with E-state index in [1.54, 1.807) is 0 Å². The van der Waals surface area contributed by atoms with Gasteiger partial charge in [-0.05, 0) is 45.1 Å². The van der Waals surface area contributed by atoms with Crippen molar-refractivity contribution in [2.75, 3.05) is 19.6 Å². The zero-order valence-electron chi connectivity index (χ0n) is 13.1. The van der Waals surface area contributed by atoms with Gasteiger partial charge in [-0.3, -0.25) is 4.79 Å². The normalized spacial score (nSPS) is 27.8. The van der Waals surface area contributed by atoms with Crippen molar-refractivity contribution in [2.24, 2.45) is 5.92 Å². The van der Waals surface area contributed by atoms with E-state index in [4.69, 9.17) is 0 Å². The Morgan fingerprint density at radius 3 is 2.73 bits per heavy atom. The molecule has 2 unspecified atom stereocenters. The largest absolute Gasteiger partial charge is 0.391 e. The highest BCUT2D eigenvalue weighted by atomic mass is 19.4. The predicted octanol–water partition coefficient (Wildman–Crippen LogP) is 3.49. The number of hydrogen-bond donors (Lipinski definition) is 1. The third-order valence-electron chi connectivity index (χ3n) is 4.85. The Balaban J connectivity index is 1.64. The molecular formula is C16H27F3N2O. The molecule has 0 bridgehead atoms. The third kappa shape index (κ3) is 5.45. The molecule has 2 atom stereocenters. The maximum atomic E-state index is 12.8. The van der Waals surface area contributed by atoms with Crippen LogP contribution in [0.1, 0.15) is 57.8 Å². The molecule has 6 heteroatoms. The SMILES string of the molecule is O=C1CCCCCN1CCCNC1CCCC(C(F)(F)F)C1. The molecular weight excluding hydrogens is 293 g/mol. The monoisotopic (exact) mass is 320 g/mol. The quantitative estimate of drug-likeness (QED) is 0.787. The van der Waals surface area contributed by atoms with E-state index < -0.39 is 12.1 Å². The number of alkyl halides is 3. The fraction of sp³-hybridized carbons (Fsp3) is 0.938. The molecule has 1 saturated heterocycles. The second kappa shape index (κ2) is 8.18. The summed E-state index contributed by atoms with van der Waals surface area (Å²) in [5.41, 5.74) is 0. The van der Waals surface area contributed by atoms with Crippen molar-refractivity contribution < 1.29 is 18.0 Å². The van der Waals surface area contributed by atoms with E-state index in [1.165, 1.54) is 0 Å². The first-order chi connectivity index (χ1) is 10.5. The third-order valence-corrected chi connectivity index (χ3v) is 4.85. The fourth-order valence-corrected chi connectivity index (χ4v) is 3.52. The molecule has 1 amide bonds. The fourth-order valence-electron chi connectivity index (χ4n) is 3.52. The Labute approximate surface area is 130 Å². The van der Waals surface area contributed by atoms with Crippen LogP contribution >= 0.6 is 0 Å². The zero-order valence-corrected chi connectivity index (χ0v) is 13.1. The van der Waals surface area contributed by atoms with Crippen LogP contribution in [-0.4, -0.2) is 42.7 Å². The van der Waals surface area contributed by atoms with Gasteiger partial charge in [-0.1, -0.05) is 12.8 Å². The number of likely N-dealkylation sites (tertiary alicyclic amines) is 1. The van der Waals surface area contributed by atoms with Gasteiger partial charge < -0.3 is 10.2 Å². The summed E-state index contributed by atoms with van der Waals surface area (Å²) in [6.07, 6.45) is 2.50. The van der Waals surface area contributed by atoms with E-state index in [9.17, 15) is 18.0 Å². The van der Waals surface area contributed by atoms with Crippen molar-refractivity contribution in [3.8, 4) is 0 Å². The summed E-state index contributed by atoms with van der Waals surface area (Å²) in [5.74, 6) is -0.918. The summed E-state index contributed by atoms with van der Waals surface area (Å²) >= 11 is 0. The highest BCUT2D eigenvalue weighted by Crippen LogP contribution is 2.37. The van der Waals surface area contributed by atoms with E-state index in [0.717, 1.165) is 45.2 Å². The molecule has 0 aromatic carbocycles. The minimum atomic E-state index is -4.06. The van der Waals surface area contributed by atoms with Gasteiger partial charge in [0.15, 0.2) is 0 Å². The lowest BCUT2D eigenvalue weighted by molar-refractivity contribution is -0.183. The smallest absolute Gasteiger partial charge is 0.343 e. The number of rotatable bonds is 5. The predicted molar refractivity (Wildman–Crippen MR) is 79.5 cm³/mol. The Kier molecular flexibility index (Phi) is 6.53. The van der Waals surface area contributed by atoms with Crippen molar-refractivity contribution in [3.05, 3.63) is 0 Å². The van der Waals surface area contributed by atoms with Crippen LogP contribution in [0.25, 0.3) is 0 Å². The number of carbonyl (C=O) groups excluding carboxylic acids is 1. The van der Waals surface area contributed by atoms with Crippen molar-refractivity contribution >= 4 is 5.91 Å². The van der Waals surface area contributed by atoms with Crippen molar-refractivity contribution in [2.45, 2.75) is 70.0 Å². The lowest BCUT2D eigenvalue weighted by atomic mass is 9.85. The maximum Gasteiger partial charge on any atom is 0.391 e. The summed E-state index contributed by atoms with van der Waals surface area (Å²) in [6.45, 7) is 2.25. The lowest BCUT2D eigenvalue weighted by Gasteiger charge is -2.31. The van der Waals surface area contributed by atoms with Crippen LogP contribution in [0.2, 0.25) is 0 Å². The van der Waals surface area contributed by atoms with Crippen molar-refractivity contribution in [1.29, 1.82) is 0 Å². The number of nitrogens with zero attached hydrogens (tertiary/aromatic N) is 1. The van der Waals surface area contributed by atoms with E-state index in [0.29, 0.717) is 19.4 Å². The maximum absolute atomic E-state index is 12.8. The van der Waals surface area contributed by atoms with Gasteiger partial charge in [0.1, 0.15) is 0 Å². The first-order valence-electron chi connectivity index (χ1n) is 8.54. The standard InChI is InChI=1S/C16H27F3N2O/c17-16(18,19)13-6-4-7-14(12-13)20-9-5-11-21-10-3-1-2-8-15(21)22/h13-14,20H,1-12H2. The average Bonchev–Trinajstić information content (AvgIpc) is 2.68. The summed E-state index contributed by atoms with van der Waals surface area (Å²) in [5, 5.41) is 3.26. The average molecular weight is 320 g/mol. The number of hydrogen-bond acceptors (Lipinski definition) is 2.